The lowest BCUT2D eigenvalue weighted by Gasteiger charge is -2.33. The number of aromatic hydroxyl groups is 1. The average Bonchev–Trinajstić information content (AvgIpc) is 3.14. The fraction of sp³-hybridized carbons (Fsp3) is 0.308. The summed E-state index contributed by atoms with van der Waals surface area (Å²) in [6.07, 6.45) is 4.35. The van der Waals surface area contributed by atoms with Crippen molar-refractivity contribution in [2.24, 2.45) is 16.3 Å². The number of thiophene rings is 1. The van der Waals surface area contributed by atoms with E-state index in [9.17, 15) is 9.90 Å². The molecule has 4 rings (SSSR count). The van der Waals surface area contributed by atoms with E-state index in [1.165, 1.54) is 4.88 Å². The lowest BCUT2D eigenvalue weighted by molar-refractivity contribution is 0.102. The maximum Gasteiger partial charge on any atom is 0.259 e. The van der Waals surface area contributed by atoms with Crippen molar-refractivity contribution in [3.8, 4) is 5.75 Å². The highest BCUT2D eigenvalue weighted by Gasteiger charge is 2.33. The monoisotopic (exact) mass is 578 g/mol. The van der Waals surface area contributed by atoms with Crippen LogP contribution in [0.1, 0.15) is 53.6 Å². The van der Waals surface area contributed by atoms with Crippen molar-refractivity contribution in [2.75, 3.05) is 5.32 Å². The van der Waals surface area contributed by atoms with Crippen LogP contribution >= 0.6 is 50.5 Å². The fourth-order valence-electron chi connectivity index (χ4n) is 4.18. The molecule has 0 unspecified atom stereocenters. The van der Waals surface area contributed by atoms with Crippen molar-refractivity contribution in [1.29, 1.82) is 0 Å². The Morgan fingerprint density at radius 3 is 2.59 bits per heavy atom. The number of hydrogen-bond donors (Lipinski definition) is 2. The number of nitrogens with one attached hydrogen (secondary N) is 1. The normalized spacial score (nSPS) is 16.0. The van der Waals surface area contributed by atoms with E-state index in [1.807, 2.05) is 0 Å². The second-order valence-electron chi connectivity index (χ2n) is 9.53. The van der Waals surface area contributed by atoms with Crippen molar-refractivity contribution in [1.82, 2.24) is 0 Å². The Morgan fingerprint density at radius 2 is 1.91 bits per heavy atom. The molecule has 1 amide bonds. The maximum atomic E-state index is 13.4. The van der Waals surface area contributed by atoms with E-state index in [1.54, 1.807) is 53.9 Å². The van der Waals surface area contributed by atoms with Gasteiger partial charge in [0, 0.05) is 32.4 Å². The van der Waals surface area contributed by atoms with E-state index in [-0.39, 0.29) is 17.1 Å². The third kappa shape index (κ3) is 5.51. The quantitative estimate of drug-likeness (QED) is 0.304. The lowest BCUT2D eigenvalue weighted by atomic mass is 9.72. The fourth-order valence-corrected chi connectivity index (χ4v) is 6.40. The predicted octanol–water partition coefficient (Wildman–Crippen LogP) is 8.68. The number of benzene rings is 2. The van der Waals surface area contributed by atoms with Gasteiger partial charge in [-0.25, -0.2) is 4.99 Å². The molecule has 178 valence electrons. The van der Waals surface area contributed by atoms with E-state index in [0.717, 1.165) is 24.8 Å². The minimum atomic E-state index is -0.197. The second kappa shape index (κ2) is 10.0. The SMILES string of the molecule is CC(C)(C)[C@@H]1CCc2c(sc(N=Cc3cc(Cl)cc(Br)c3O)c2C(=O)Nc2ccc(Cl)cc2)C1. The number of fused-ring (bicyclic) bond motifs is 1. The molecule has 34 heavy (non-hydrogen) atoms. The molecule has 0 aliphatic heterocycles. The average molecular weight is 580 g/mol. The van der Waals surface area contributed by atoms with Crippen LogP contribution in [0.4, 0.5) is 10.7 Å². The first kappa shape index (κ1) is 25.2. The molecule has 0 saturated heterocycles. The molecule has 4 nitrogen and oxygen atoms in total. The Morgan fingerprint density at radius 1 is 1.21 bits per heavy atom. The van der Waals surface area contributed by atoms with Gasteiger partial charge in [-0.1, -0.05) is 44.0 Å². The Hall–Kier alpha value is -1.86. The number of amides is 1. The molecular formula is C26H25BrCl2N2O2S. The molecule has 1 heterocycles. The zero-order valence-corrected chi connectivity index (χ0v) is 23.0. The van der Waals surface area contributed by atoms with E-state index in [4.69, 9.17) is 23.2 Å². The van der Waals surface area contributed by atoms with Gasteiger partial charge in [0.05, 0.1) is 10.0 Å². The molecule has 2 aromatic carbocycles. The van der Waals surface area contributed by atoms with E-state index < -0.39 is 0 Å². The zero-order chi connectivity index (χ0) is 24.6. The Balaban J connectivity index is 1.73. The standard InChI is InChI=1S/C26H25BrCl2N2O2S/c1-26(2,3)15-4-9-19-21(11-15)34-25(30-13-14-10-17(29)12-20(27)23(14)32)22(19)24(33)31-18-7-5-16(28)6-8-18/h5-8,10,12-13,15,32H,4,9,11H2,1-3H3,(H,31,33)/t15-/m1/s1. The number of phenolic OH excluding ortho intramolecular Hbond substituents is 1. The maximum absolute atomic E-state index is 13.4. The Kier molecular flexibility index (Phi) is 7.44. The number of aliphatic imine (C=N–C) groups is 1. The van der Waals surface area contributed by atoms with E-state index >= 15 is 0 Å². The molecule has 8 heteroatoms. The summed E-state index contributed by atoms with van der Waals surface area (Å²) in [7, 11) is 0. The zero-order valence-electron chi connectivity index (χ0n) is 19.1. The van der Waals surface area contributed by atoms with Crippen molar-refractivity contribution in [3.05, 3.63) is 72.5 Å². The minimum absolute atomic E-state index is 0.0504. The highest BCUT2D eigenvalue weighted by molar-refractivity contribution is 9.10. The van der Waals surface area contributed by atoms with Crippen LogP contribution in [0.5, 0.6) is 5.75 Å². The topological polar surface area (TPSA) is 61.7 Å². The summed E-state index contributed by atoms with van der Waals surface area (Å²) in [6, 6.07) is 10.3. The summed E-state index contributed by atoms with van der Waals surface area (Å²) in [4.78, 5) is 19.3. The molecule has 1 aliphatic rings. The number of carbonyl (C=O) groups excluding carboxylic acids is 1. The summed E-state index contributed by atoms with van der Waals surface area (Å²) in [6.45, 7) is 6.80. The van der Waals surface area contributed by atoms with Crippen LogP contribution in [0.3, 0.4) is 0 Å². The largest absolute Gasteiger partial charge is 0.506 e. The molecule has 1 aliphatic carbocycles. The summed E-state index contributed by atoms with van der Waals surface area (Å²) in [5.74, 6) is 0.391. The van der Waals surface area contributed by atoms with Gasteiger partial charge in [-0.3, -0.25) is 4.79 Å². The van der Waals surface area contributed by atoms with Crippen molar-refractivity contribution in [2.45, 2.75) is 40.0 Å². The van der Waals surface area contributed by atoms with Crippen LogP contribution in [0.15, 0.2) is 45.9 Å². The number of nitrogens with zero attached hydrogens (tertiary/aromatic N) is 1. The Labute approximate surface area is 222 Å². The number of halogens is 3. The van der Waals surface area contributed by atoms with E-state index in [0.29, 0.717) is 42.3 Å². The molecule has 0 fully saturated rings. The first-order chi connectivity index (χ1) is 16.0. The van der Waals surface area contributed by atoms with E-state index in [2.05, 4.69) is 47.0 Å². The first-order valence-corrected chi connectivity index (χ1v) is 13.3. The van der Waals surface area contributed by atoms with Crippen LogP contribution in [-0.2, 0) is 12.8 Å². The van der Waals surface area contributed by atoms with Crippen LogP contribution in [0.2, 0.25) is 10.0 Å². The van der Waals surface area contributed by atoms with Crippen LogP contribution in [-0.4, -0.2) is 17.2 Å². The molecule has 0 bridgehead atoms. The number of phenols is 1. The summed E-state index contributed by atoms with van der Waals surface area (Å²) >= 11 is 17.0. The van der Waals surface area contributed by atoms with Gasteiger partial charge in [0.1, 0.15) is 10.8 Å². The molecule has 1 aromatic heterocycles. The highest BCUT2D eigenvalue weighted by atomic mass is 79.9. The molecule has 0 spiro atoms. The predicted molar refractivity (Wildman–Crippen MR) is 147 cm³/mol. The molecule has 0 saturated carbocycles. The third-order valence-corrected chi connectivity index (χ3v) is 8.42. The van der Waals surface area contributed by atoms with Crippen molar-refractivity contribution in [3.63, 3.8) is 0 Å². The van der Waals surface area contributed by atoms with Gasteiger partial charge in [-0.15, -0.1) is 11.3 Å². The van der Waals surface area contributed by atoms with Gasteiger partial charge >= 0.3 is 0 Å². The van der Waals surface area contributed by atoms with Gasteiger partial charge in [-0.05, 0) is 88.5 Å². The molecular weight excluding hydrogens is 555 g/mol. The van der Waals surface area contributed by atoms with Gasteiger partial charge in [-0.2, -0.15) is 0 Å². The van der Waals surface area contributed by atoms with Crippen molar-refractivity contribution < 1.29 is 9.90 Å². The molecule has 2 N–H and O–H groups in total. The molecule has 1 atom stereocenters. The van der Waals surface area contributed by atoms with Crippen LogP contribution in [0, 0.1) is 11.3 Å². The molecule has 0 radical (unpaired) electrons. The minimum Gasteiger partial charge on any atom is -0.506 e. The smallest absolute Gasteiger partial charge is 0.259 e. The van der Waals surface area contributed by atoms with Gasteiger partial charge in [0.2, 0.25) is 0 Å². The number of rotatable bonds is 4. The second-order valence-corrected chi connectivity index (χ2v) is 12.3. The van der Waals surface area contributed by atoms with Gasteiger partial charge in [0.15, 0.2) is 0 Å². The number of anilines is 1. The summed E-state index contributed by atoms with van der Waals surface area (Å²) in [5.41, 5.74) is 3.00. The van der Waals surface area contributed by atoms with Crippen LogP contribution in [0.25, 0.3) is 0 Å². The Bertz CT molecular complexity index is 1260. The summed E-state index contributed by atoms with van der Waals surface area (Å²) < 4.78 is 0.487. The van der Waals surface area contributed by atoms with Crippen LogP contribution < -0.4 is 5.32 Å². The van der Waals surface area contributed by atoms with Gasteiger partial charge in [0.25, 0.3) is 5.91 Å². The third-order valence-electron chi connectivity index (χ3n) is 6.18. The van der Waals surface area contributed by atoms with Crippen molar-refractivity contribution >= 4 is 73.3 Å². The number of carbonyl (C=O) groups is 1. The number of hydrogen-bond acceptors (Lipinski definition) is 4. The first-order valence-electron chi connectivity index (χ1n) is 11.0. The highest BCUT2D eigenvalue weighted by Crippen LogP contribution is 2.45. The lowest BCUT2D eigenvalue weighted by Crippen LogP contribution is -2.27. The summed E-state index contributed by atoms with van der Waals surface area (Å²) in [5, 5.41) is 15.1. The van der Waals surface area contributed by atoms with Gasteiger partial charge < -0.3 is 10.4 Å². The molecule has 3 aromatic rings.